The van der Waals surface area contributed by atoms with E-state index >= 15 is 0 Å². The fraction of sp³-hybridized carbons (Fsp3) is 0.158. The molecule has 128 valence electrons. The maximum absolute atomic E-state index is 13.0. The van der Waals surface area contributed by atoms with Gasteiger partial charge in [-0.05, 0) is 48.7 Å². The Kier molecular flexibility index (Phi) is 4.58. The van der Waals surface area contributed by atoms with Crippen LogP contribution in [0.2, 0.25) is 5.02 Å². The topological polar surface area (TPSA) is 46.6 Å². The Labute approximate surface area is 155 Å². The maximum Gasteiger partial charge on any atom is 0.277 e. The number of nitrogens with zero attached hydrogens (tertiary/aromatic N) is 1. The molecule has 1 aliphatic heterocycles. The van der Waals surface area contributed by atoms with Crippen molar-refractivity contribution in [1.82, 2.24) is 0 Å². The van der Waals surface area contributed by atoms with Gasteiger partial charge in [-0.15, -0.1) is 0 Å². The van der Waals surface area contributed by atoms with Crippen LogP contribution in [0.3, 0.4) is 0 Å². The largest absolute Gasteiger partial charge is 0.495 e. The highest BCUT2D eigenvalue weighted by Gasteiger charge is 2.40. The molecule has 2 aromatic carbocycles. The van der Waals surface area contributed by atoms with Crippen molar-refractivity contribution in [2.75, 3.05) is 12.0 Å². The summed E-state index contributed by atoms with van der Waals surface area (Å²) in [5.74, 6) is -0.740. The fourth-order valence-corrected chi connectivity index (χ4v) is 3.15. The SMILES string of the molecule is COc1ccc(Cl)cc1N1C(=O)C(Cl)=C(c2ccc(C)c(C)c2)C1=O. The summed E-state index contributed by atoms with van der Waals surface area (Å²) in [5.41, 5.74) is 3.15. The van der Waals surface area contributed by atoms with Gasteiger partial charge >= 0.3 is 0 Å². The highest BCUT2D eigenvalue weighted by atomic mass is 35.5. The lowest BCUT2D eigenvalue weighted by Gasteiger charge is -2.18. The van der Waals surface area contributed by atoms with E-state index in [0.29, 0.717) is 16.3 Å². The lowest BCUT2D eigenvalue weighted by atomic mass is 10.0. The summed E-state index contributed by atoms with van der Waals surface area (Å²) in [6, 6.07) is 10.2. The highest BCUT2D eigenvalue weighted by Crippen LogP contribution is 2.40. The van der Waals surface area contributed by atoms with Gasteiger partial charge in [-0.2, -0.15) is 0 Å². The van der Waals surface area contributed by atoms with Crippen molar-refractivity contribution in [2.45, 2.75) is 13.8 Å². The molecule has 6 heteroatoms. The fourth-order valence-electron chi connectivity index (χ4n) is 2.71. The number of halogens is 2. The predicted octanol–water partition coefficient (Wildman–Crippen LogP) is 4.49. The Hall–Kier alpha value is -2.30. The van der Waals surface area contributed by atoms with Gasteiger partial charge in [0.2, 0.25) is 0 Å². The molecule has 4 nitrogen and oxygen atoms in total. The van der Waals surface area contributed by atoms with Crippen LogP contribution in [0.5, 0.6) is 5.75 Å². The average Bonchev–Trinajstić information content (AvgIpc) is 2.80. The second kappa shape index (κ2) is 6.54. The summed E-state index contributed by atoms with van der Waals surface area (Å²) in [7, 11) is 1.46. The molecule has 0 aliphatic carbocycles. The molecule has 0 spiro atoms. The van der Waals surface area contributed by atoms with Crippen LogP contribution in [0.25, 0.3) is 5.57 Å². The molecule has 0 unspecified atom stereocenters. The molecule has 0 saturated carbocycles. The Balaban J connectivity index is 2.11. The van der Waals surface area contributed by atoms with Crippen molar-refractivity contribution in [3.8, 4) is 5.75 Å². The number of methoxy groups -OCH3 is 1. The number of rotatable bonds is 3. The second-order valence-corrected chi connectivity index (χ2v) is 6.56. The lowest BCUT2D eigenvalue weighted by molar-refractivity contribution is -0.119. The standard InChI is InChI=1S/C19H15Cl2NO3/c1-10-4-5-12(8-11(10)2)16-17(21)19(24)22(18(16)23)14-9-13(20)6-7-15(14)25-3/h4-9H,1-3H3. The zero-order valence-electron chi connectivity index (χ0n) is 13.9. The Morgan fingerprint density at radius 1 is 0.920 bits per heavy atom. The van der Waals surface area contributed by atoms with Crippen LogP contribution in [0.1, 0.15) is 16.7 Å². The molecule has 1 heterocycles. The van der Waals surface area contributed by atoms with Gasteiger partial charge in [0.05, 0.1) is 18.4 Å². The number of benzene rings is 2. The van der Waals surface area contributed by atoms with E-state index in [1.165, 1.54) is 13.2 Å². The smallest absolute Gasteiger partial charge is 0.277 e. The third-order valence-electron chi connectivity index (χ3n) is 4.20. The van der Waals surface area contributed by atoms with Gasteiger partial charge < -0.3 is 4.74 Å². The molecule has 3 rings (SSSR count). The number of aryl methyl sites for hydroxylation is 2. The first-order valence-corrected chi connectivity index (χ1v) is 8.30. The minimum atomic E-state index is -0.597. The molecule has 0 radical (unpaired) electrons. The number of imide groups is 1. The van der Waals surface area contributed by atoms with Crippen molar-refractivity contribution in [3.05, 3.63) is 63.1 Å². The third kappa shape index (κ3) is 2.92. The van der Waals surface area contributed by atoms with Gasteiger partial charge in [0, 0.05) is 5.02 Å². The molecule has 0 aromatic heterocycles. The molecule has 25 heavy (non-hydrogen) atoms. The lowest BCUT2D eigenvalue weighted by Crippen LogP contribution is -2.31. The van der Waals surface area contributed by atoms with Gasteiger partial charge in [-0.3, -0.25) is 9.59 Å². The summed E-state index contributed by atoms with van der Waals surface area (Å²) in [6.45, 7) is 3.91. The van der Waals surface area contributed by atoms with E-state index in [-0.39, 0.29) is 16.3 Å². The molecule has 0 saturated heterocycles. The number of amides is 2. The molecular formula is C19H15Cl2NO3. The predicted molar refractivity (Wildman–Crippen MR) is 99.2 cm³/mol. The monoisotopic (exact) mass is 375 g/mol. The van der Waals surface area contributed by atoms with E-state index < -0.39 is 11.8 Å². The van der Waals surface area contributed by atoms with E-state index in [1.54, 1.807) is 18.2 Å². The summed E-state index contributed by atoms with van der Waals surface area (Å²) in [5, 5.41) is 0.266. The Morgan fingerprint density at radius 3 is 2.28 bits per heavy atom. The van der Waals surface area contributed by atoms with Crippen molar-refractivity contribution in [2.24, 2.45) is 0 Å². The van der Waals surface area contributed by atoms with E-state index in [4.69, 9.17) is 27.9 Å². The van der Waals surface area contributed by atoms with Gasteiger partial charge in [-0.25, -0.2) is 4.90 Å². The second-order valence-electron chi connectivity index (χ2n) is 5.75. The van der Waals surface area contributed by atoms with Gasteiger partial charge in [0.1, 0.15) is 10.8 Å². The zero-order valence-corrected chi connectivity index (χ0v) is 15.4. The van der Waals surface area contributed by atoms with E-state index in [9.17, 15) is 9.59 Å². The van der Waals surface area contributed by atoms with Gasteiger partial charge in [0.25, 0.3) is 11.8 Å². The first-order chi connectivity index (χ1) is 11.8. The number of hydrogen-bond donors (Lipinski definition) is 0. The first kappa shape index (κ1) is 17.5. The van der Waals surface area contributed by atoms with Crippen LogP contribution >= 0.6 is 23.2 Å². The molecule has 2 amide bonds. The van der Waals surface area contributed by atoms with Crippen LogP contribution in [-0.4, -0.2) is 18.9 Å². The molecule has 0 N–H and O–H groups in total. The first-order valence-electron chi connectivity index (χ1n) is 7.55. The Bertz CT molecular complexity index is 934. The quantitative estimate of drug-likeness (QED) is 0.742. The van der Waals surface area contributed by atoms with Crippen molar-refractivity contribution in [3.63, 3.8) is 0 Å². The van der Waals surface area contributed by atoms with Crippen LogP contribution < -0.4 is 9.64 Å². The average molecular weight is 376 g/mol. The Morgan fingerprint density at radius 2 is 1.64 bits per heavy atom. The molecule has 0 atom stereocenters. The van der Waals surface area contributed by atoms with E-state index in [2.05, 4.69) is 0 Å². The van der Waals surface area contributed by atoms with Gasteiger partial charge in [0.15, 0.2) is 0 Å². The summed E-state index contributed by atoms with van der Waals surface area (Å²) < 4.78 is 5.25. The van der Waals surface area contributed by atoms with Crippen molar-refractivity contribution < 1.29 is 14.3 Å². The van der Waals surface area contributed by atoms with Crippen LogP contribution in [0.4, 0.5) is 5.69 Å². The minimum Gasteiger partial charge on any atom is -0.495 e. The summed E-state index contributed by atoms with van der Waals surface area (Å²) in [6.07, 6.45) is 0. The molecule has 0 bridgehead atoms. The van der Waals surface area contributed by atoms with Crippen LogP contribution in [0, 0.1) is 13.8 Å². The maximum atomic E-state index is 13.0. The number of ether oxygens (including phenoxy) is 1. The molecule has 2 aromatic rings. The minimum absolute atomic E-state index is 0.115. The zero-order chi connectivity index (χ0) is 18.3. The van der Waals surface area contributed by atoms with E-state index in [0.717, 1.165) is 16.0 Å². The summed E-state index contributed by atoms with van der Waals surface area (Å²) >= 11 is 12.2. The van der Waals surface area contributed by atoms with Crippen LogP contribution in [0.15, 0.2) is 41.4 Å². The molecule has 1 aliphatic rings. The number of anilines is 1. The highest BCUT2D eigenvalue weighted by molar-refractivity contribution is 6.60. The third-order valence-corrected chi connectivity index (χ3v) is 4.79. The molecule has 0 fully saturated rings. The van der Waals surface area contributed by atoms with Gasteiger partial charge in [-0.1, -0.05) is 41.4 Å². The molecular weight excluding hydrogens is 361 g/mol. The normalized spacial score (nSPS) is 14.5. The number of hydrogen-bond acceptors (Lipinski definition) is 3. The number of carbonyl (C=O) groups excluding carboxylic acids is 2. The van der Waals surface area contributed by atoms with Crippen molar-refractivity contribution >= 4 is 46.3 Å². The summed E-state index contributed by atoms with van der Waals surface area (Å²) in [4.78, 5) is 26.6. The van der Waals surface area contributed by atoms with E-state index in [1.807, 2.05) is 26.0 Å². The van der Waals surface area contributed by atoms with Crippen LogP contribution in [-0.2, 0) is 9.59 Å². The van der Waals surface area contributed by atoms with Crippen molar-refractivity contribution in [1.29, 1.82) is 0 Å². The number of carbonyl (C=O) groups is 2.